The Morgan fingerprint density at radius 1 is 1.09 bits per heavy atom. The van der Waals surface area contributed by atoms with Crippen molar-refractivity contribution in [3.05, 3.63) is 42.5 Å². The first kappa shape index (κ1) is 16.2. The summed E-state index contributed by atoms with van der Waals surface area (Å²) in [7, 11) is 0. The van der Waals surface area contributed by atoms with Crippen molar-refractivity contribution in [3.8, 4) is 11.8 Å². The quantitative estimate of drug-likeness (QED) is 0.878. The van der Waals surface area contributed by atoms with E-state index in [1.165, 1.54) is 0 Å². The first-order chi connectivity index (χ1) is 10.4. The highest BCUT2D eigenvalue weighted by Gasteiger charge is 2.15. The zero-order valence-electron chi connectivity index (χ0n) is 13.2. The molecule has 2 heterocycles. The van der Waals surface area contributed by atoms with E-state index >= 15 is 0 Å². The summed E-state index contributed by atoms with van der Waals surface area (Å²) in [6.07, 6.45) is 6.77. The molecule has 2 aromatic rings. The van der Waals surface area contributed by atoms with Crippen molar-refractivity contribution < 1.29 is 9.47 Å². The van der Waals surface area contributed by atoms with E-state index in [0.29, 0.717) is 18.4 Å². The van der Waals surface area contributed by atoms with Crippen molar-refractivity contribution in [1.29, 1.82) is 0 Å². The van der Waals surface area contributed by atoms with Gasteiger partial charge in [-0.3, -0.25) is 4.98 Å². The fraction of sp³-hybridized carbons (Fsp3) is 0.438. The van der Waals surface area contributed by atoms with Crippen molar-refractivity contribution in [2.24, 2.45) is 5.73 Å². The second-order valence-corrected chi connectivity index (χ2v) is 6.07. The van der Waals surface area contributed by atoms with E-state index in [1.54, 1.807) is 24.7 Å². The van der Waals surface area contributed by atoms with Gasteiger partial charge in [0.05, 0.1) is 12.2 Å². The molecule has 22 heavy (non-hydrogen) atoms. The molecule has 0 radical (unpaired) electrons. The molecule has 0 aliphatic carbocycles. The molecule has 0 aliphatic heterocycles. The van der Waals surface area contributed by atoms with Crippen LogP contribution in [-0.4, -0.2) is 34.2 Å². The van der Waals surface area contributed by atoms with Crippen LogP contribution in [0.15, 0.2) is 36.9 Å². The number of nitrogens with two attached hydrogens (primary N) is 1. The van der Waals surface area contributed by atoms with Crippen LogP contribution in [0.5, 0.6) is 11.8 Å². The minimum atomic E-state index is -0.276. The number of pyridine rings is 1. The SMILES string of the molecule is CC(C)(C)c1cncc(OC[C@@H](N)COc2ncccn2)c1. The molecule has 1 atom stereocenters. The van der Waals surface area contributed by atoms with Crippen molar-refractivity contribution in [2.75, 3.05) is 13.2 Å². The third-order valence-corrected chi connectivity index (χ3v) is 3.01. The Kier molecular flexibility index (Phi) is 5.27. The second kappa shape index (κ2) is 7.17. The van der Waals surface area contributed by atoms with Crippen molar-refractivity contribution in [1.82, 2.24) is 15.0 Å². The first-order valence-corrected chi connectivity index (χ1v) is 7.19. The molecule has 2 rings (SSSR count). The van der Waals surface area contributed by atoms with Gasteiger partial charge in [0.15, 0.2) is 0 Å². The summed E-state index contributed by atoms with van der Waals surface area (Å²) >= 11 is 0. The molecule has 0 aromatic carbocycles. The second-order valence-electron chi connectivity index (χ2n) is 6.07. The number of rotatable bonds is 6. The molecule has 0 saturated carbocycles. The highest BCUT2D eigenvalue weighted by Crippen LogP contribution is 2.24. The van der Waals surface area contributed by atoms with Gasteiger partial charge in [-0.1, -0.05) is 20.8 Å². The van der Waals surface area contributed by atoms with Crippen LogP contribution in [0.2, 0.25) is 0 Å². The summed E-state index contributed by atoms with van der Waals surface area (Å²) in [4.78, 5) is 12.1. The molecule has 118 valence electrons. The number of nitrogens with zero attached hydrogens (tertiary/aromatic N) is 3. The molecule has 2 aromatic heterocycles. The van der Waals surface area contributed by atoms with Gasteiger partial charge in [0.2, 0.25) is 0 Å². The lowest BCUT2D eigenvalue weighted by Crippen LogP contribution is -2.34. The third kappa shape index (κ3) is 4.96. The highest BCUT2D eigenvalue weighted by atomic mass is 16.5. The lowest BCUT2D eigenvalue weighted by molar-refractivity contribution is 0.210. The molecule has 0 bridgehead atoms. The van der Waals surface area contributed by atoms with Gasteiger partial charge in [-0.2, -0.15) is 0 Å². The van der Waals surface area contributed by atoms with Crippen LogP contribution in [0, 0.1) is 0 Å². The fourth-order valence-electron chi connectivity index (χ4n) is 1.70. The van der Waals surface area contributed by atoms with Crippen molar-refractivity contribution in [3.63, 3.8) is 0 Å². The van der Waals surface area contributed by atoms with Crippen LogP contribution >= 0.6 is 0 Å². The summed E-state index contributed by atoms with van der Waals surface area (Å²) in [6.45, 7) is 7.02. The van der Waals surface area contributed by atoms with E-state index < -0.39 is 0 Å². The first-order valence-electron chi connectivity index (χ1n) is 7.19. The van der Waals surface area contributed by atoms with Crippen LogP contribution in [0.4, 0.5) is 0 Å². The predicted octanol–water partition coefficient (Wildman–Crippen LogP) is 1.95. The van der Waals surface area contributed by atoms with E-state index in [4.69, 9.17) is 15.2 Å². The number of hydrogen-bond donors (Lipinski definition) is 1. The van der Waals surface area contributed by atoms with E-state index in [2.05, 4.69) is 35.7 Å². The Bertz CT molecular complexity index is 584. The largest absolute Gasteiger partial charge is 0.490 e. The maximum absolute atomic E-state index is 5.97. The summed E-state index contributed by atoms with van der Waals surface area (Å²) in [5.74, 6) is 0.707. The molecule has 6 heteroatoms. The Hall–Kier alpha value is -2.21. The van der Waals surface area contributed by atoms with Crippen LogP contribution < -0.4 is 15.2 Å². The maximum atomic E-state index is 5.97. The van der Waals surface area contributed by atoms with Gasteiger partial charge >= 0.3 is 6.01 Å². The topological polar surface area (TPSA) is 83.2 Å². The average molecular weight is 302 g/mol. The van der Waals surface area contributed by atoms with Gasteiger partial charge < -0.3 is 15.2 Å². The Morgan fingerprint density at radius 2 is 1.77 bits per heavy atom. The number of hydrogen-bond acceptors (Lipinski definition) is 6. The van der Waals surface area contributed by atoms with Gasteiger partial charge in [-0.25, -0.2) is 9.97 Å². The van der Waals surface area contributed by atoms with Gasteiger partial charge in [0.25, 0.3) is 0 Å². The predicted molar refractivity (Wildman–Crippen MR) is 83.9 cm³/mol. The lowest BCUT2D eigenvalue weighted by atomic mass is 9.88. The van der Waals surface area contributed by atoms with E-state index in [0.717, 1.165) is 5.56 Å². The van der Waals surface area contributed by atoms with E-state index in [9.17, 15) is 0 Å². The zero-order valence-corrected chi connectivity index (χ0v) is 13.2. The Morgan fingerprint density at radius 3 is 2.45 bits per heavy atom. The monoisotopic (exact) mass is 302 g/mol. The molecule has 0 amide bonds. The summed E-state index contributed by atoms with van der Waals surface area (Å²) < 4.78 is 11.1. The van der Waals surface area contributed by atoms with Gasteiger partial charge in [0, 0.05) is 18.6 Å². The summed E-state index contributed by atoms with van der Waals surface area (Å²) in [6, 6.07) is 3.75. The molecule has 0 spiro atoms. The molecule has 2 N–H and O–H groups in total. The molecular weight excluding hydrogens is 280 g/mol. The Labute approximate surface area is 130 Å². The maximum Gasteiger partial charge on any atom is 0.316 e. The van der Waals surface area contributed by atoms with Crippen LogP contribution in [-0.2, 0) is 5.41 Å². The summed E-state index contributed by atoms with van der Waals surface area (Å²) in [5.41, 5.74) is 7.12. The van der Waals surface area contributed by atoms with Gasteiger partial charge in [-0.15, -0.1) is 0 Å². The van der Waals surface area contributed by atoms with E-state index in [1.807, 2.05) is 12.3 Å². The van der Waals surface area contributed by atoms with Crippen LogP contribution in [0.25, 0.3) is 0 Å². The van der Waals surface area contributed by atoms with Gasteiger partial charge in [-0.05, 0) is 23.1 Å². The molecule has 0 fully saturated rings. The van der Waals surface area contributed by atoms with Crippen LogP contribution in [0.3, 0.4) is 0 Å². The molecule has 6 nitrogen and oxygen atoms in total. The van der Waals surface area contributed by atoms with E-state index in [-0.39, 0.29) is 18.1 Å². The minimum absolute atomic E-state index is 0.0300. The van der Waals surface area contributed by atoms with Crippen LogP contribution in [0.1, 0.15) is 26.3 Å². The highest BCUT2D eigenvalue weighted by molar-refractivity contribution is 5.28. The average Bonchev–Trinajstić information content (AvgIpc) is 2.51. The van der Waals surface area contributed by atoms with Gasteiger partial charge in [0.1, 0.15) is 19.0 Å². The number of aromatic nitrogens is 3. The normalized spacial score (nSPS) is 12.7. The lowest BCUT2D eigenvalue weighted by Gasteiger charge is -2.19. The molecule has 0 saturated heterocycles. The van der Waals surface area contributed by atoms with Crippen molar-refractivity contribution >= 4 is 0 Å². The Balaban J connectivity index is 1.82. The van der Waals surface area contributed by atoms with Crippen molar-refractivity contribution in [2.45, 2.75) is 32.2 Å². The molecule has 0 unspecified atom stereocenters. The zero-order chi connectivity index (χ0) is 16.0. The minimum Gasteiger partial charge on any atom is -0.490 e. The number of ether oxygens (including phenoxy) is 2. The third-order valence-electron chi connectivity index (χ3n) is 3.01. The fourth-order valence-corrected chi connectivity index (χ4v) is 1.70. The smallest absolute Gasteiger partial charge is 0.316 e. The molecule has 0 aliphatic rings. The standard InChI is InChI=1S/C16H22N4O2/c1-16(2,3)12-7-14(9-18-8-12)21-10-13(17)11-22-15-19-5-4-6-20-15/h4-9,13H,10-11,17H2,1-3H3/t13-/m1/s1. The molecular formula is C16H22N4O2. The summed E-state index contributed by atoms with van der Waals surface area (Å²) in [5, 5.41) is 0.